The molecule has 0 aliphatic carbocycles. The summed E-state index contributed by atoms with van der Waals surface area (Å²) in [6, 6.07) is 3.28. The van der Waals surface area contributed by atoms with Crippen LogP contribution in [0.5, 0.6) is 0 Å². The maximum atomic E-state index is 12.5. The lowest BCUT2D eigenvalue weighted by atomic mass is 10.3. The molecule has 7 nitrogen and oxygen atoms in total. The molecule has 2 heterocycles. The number of guanidine groups is 1. The fourth-order valence-electron chi connectivity index (χ4n) is 2.65. The molecule has 2 rings (SSSR count). The summed E-state index contributed by atoms with van der Waals surface area (Å²) in [7, 11) is 0. The number of aromatic nitrogens is 1. The molecular formula is C16H23F3N6O. The summed E-state index contributed by atoms with van der Waals surface area (Å²) in [5.74, 6) is 0.105. The third-order valence-electron chi connectivity index (χ3n) is 3.69. The third-order valence-corrected chi connectivity index (χ3v) is 3.69. The van der Waals surface area contributed by atoms with Gasteiger partial charge in [0.1, 0.15) is 6.54 Å². The number of pyridine rings is 1. The average molecular weight is 372 g/mol. The molecule has 1 aromatic rings. The highest BCUT2D eigenvalue weighted by Gasteiger charge is 2.34. The Morgan fingerprint density at radius 2 is 2.27 bits per heavy atom. The van der Waals surface area contributed by atoms with E-state index in [4.69, 9.17) is 0 Å². The van der Waals surface area contributed by atoms with Gasteiger partial charge in [0.15, 0.2) is 5.96 Å². The van der Waals surface area contributed by atoms with Crippen LogP contribution in [-0.2, 0) is 4.79 Å². The zero-order valence-corrected chi connectivity index (χ0v) is 14.5. The number of hydrogen-bond donors (Lipinski definition) is 3. The molecule has 1 amide bonds. The van der Waals surface area contributed by atoms with Crippen LogP contribution in [-0.4, -0.2) is 66.7 Å². The summed E-state index contributed by atoms with van der Waals surface area (Å²) in [4.78, 5) is 21.4. The van der Waals surface area contributed by atoms with Crippen LogP contribution in [0, 0.1) is 0 Å². The Morgan fingerprint density at radius 3 is 2.92 bits per heavy atom. The van der Waals surface area contributed by atoms with Crippen LogP contribution in [0.15, 0.2) is 29.5 Å². The fourth-order valence-corrected chi connectivity index (χ4v) is 2.65. The number of anilines is 1. The monoisotopic (exact) mass is 372 g/mol. The summed E-state index contributed by atoms with van der Waals surface area (Å²) >= 11 is 0. The molecule has 1 saturated heterocycles. The second kappa shape index (κ2) is 9.37. The van der Waals surface area contributed by atoms with Gasteiger partial charge in [0.25, 0.3) is 0 Å². The van der Waals surface area contributed by atoms with E-state index < -0.39 is 12.7 Å². The summed E-state index contributed by atoms with van der Waals surface area (Å²) in [6.07, 6.45) is -0.482. The van der Waals surface area contributed by atoms with Crippen molar-refractivity contribution in [3.05, 3.63) is 24.5 Å². The van der Waals surface area contributed by atoms with E-state index in [-0.39, 0.29) is 25.0 Å². The summed E-state index contributed by atoms with van der Waals surface area (Å²) in [5, 5.41) is 8.76. The van der Waals surface area contributed by atoms with Crippen LogP contribution in [0.2, 0.25) is 0 Å². The van der Waals surface area contributed by atoms with Crippen molar-refractivity contribution in [2.45, 2.75) is 25.6 Å². The molecule has 0 bridgehead atoms. The molecule has 1 unspecified atom stereocenters. The molecule has 10 heteroatoms. The second-order valence-electron chi connectivity index (χ2n) is 5.97. The Balaban J connectivity index is 1.84. The molecule has 0 radical (unpaired) electrons. The zero-order chi connectivity index (χ0) is 19.0. The Kier molecular flexibility index (Phi) is 7.19. The number of amides is 1. The molecule has 1 atom stereocenters. The van der Waals surface area contributed by atoms with Crippen LogP contribution < -0.4 is 16.0 Å². The number of alkyl halides is 3. The molecule has 144 valence electrons. The zero-order valence-electron chi connectivity index (χ0n) is 14.5. The number of nitrogens with one attached hydrogen (secondary N) is 3. The van der Waals surface area contributed by atoms with Gasteiger partial charge < -0.3 is 16.0 Å². The predicted octanol–water partition coefficient (Wildman–Crippen LogP) is 1.21. The van der Waals surface area contributed by atoms with Crippen LogP contribution in [0.25, 0.3) is 0 Å². The van der Waals surface area contributed by atoms with E-state index in [2.05, 4.69) is 25.9 Å². The van der Waals surface area contributed by atoms with Gasteiger partial charge >= 0.3 is 6.18 Å². The van der Waals surface area contributed by atoms with Crippen molar-refractivity contribution in [1.82, 2.24) is 20.5 Å². The first kappa shape index (κ1) is 20.0. The van der Waals surface area contributed by atoms with Crippen molar-refractivity contribution in [2.24, 2.45) is 4.99 Å². The van der Waals surface area contributed by atoms with Crippen LogP contribution in [0.4, 0.5) is 18.9 Å². The number of aliphatic imine (C=N–C) groups is 1. The fraction of sp³-hybridized carbons (Fsp3) is 0.562. The number of halogens is 3. The maximum absolute atomic E-state index is 12.5. The Morgan fingerprint density at radius 1 is 1.46 bits per heavy atom. The number of carbonyl (C=O) groups is 1. The quantitative estimate of drug-likeness (QED) is 0.517. The normalized spacial score (nSPS) is 18.6. The Hall–Kier alpha value is -2.36. The predicted molar refractivity (Wildman–Crippen MR) is 92.9 cm³/mol. The van der Waals surface area contributed by atoms with Gasteiger partial charge in [-0.25, -0.2) is 4.99 Å². The lowest BCUT2D eigenvalue weighted by Crippen LogP contribution is -2.45. The molecule has 1 aliphatic heterocycles. The van der Waals surface area contributed by atoms with Crippen LogP contribution >= 0.6 is 0 Å². The number of hydrogen-bond acceptors (Lipinski definition) is 4. The molecule has 0 saturated carbocycles. The van der Waals surface area contributed by atoms with E-state index in [9.17, 15) is 18.0 Å². The Labute approximate surface area is 150 Å². The van der Waals surface area contributed by atoms with Crippen molar-refractivity contribution >= 4 is 17.6 Å². The van der Waals surface area contributed by atoms with Gasteiger partial charge in [0, 0.05) is 31.9 Å². The lowest BCUT2D eigenvalue weighted by molar-refractivity contribution is -0.143. The number of nitrogens with zero attached hydrogens (tertiary/aromatic N) is 3. The van der Waals surface area contributed by atoms with E-state index in [1.54, 1.807) is 18.3 Å². The molecule has 1 aromatic heterocycles. The van der Waals surface area contributed by atoms with Crippen molar-refractivity contribution in [3.8, 4) is 0 Å². The second-order valence-corrected chi connectivity index (χ2v) is 5.97. The Bertz CT molecular complexity index is 608. The first-order valence-corrected chi connectivity index (χ1v) is 8.39. The van der Waals surface area contributed by atoms with Crippen LogP contribution in [0.3, 0.4) is 0 Å². The van der Waals surface area contributed by atoms with Gasteiger partial charge in [-0.1, -0.05) is 0 Å². The van der Waals surface area contributed by atoms with Crippen LogP contribution in [0.1, 0.15) is 13.3 Å². The maximum Gasteiger partial charge on any atom is 0.401 e. The van der Waals surface area contributed by atoms with Gasteiger partial charge in [-0.3, -0.25) is 14.7 Å². The molecule has 0 aromatic carbocycles. The number of carbonyl (C=O) groups excluding carboxylic acids is 1. The first-order valence-electron chi connectivity index (χ1n) is 8.39. The molecule has 1 fully saturated rings. The highest BCUT2D eigenvalue weighted by molar-refractivity contribution is 5.93. The van der Waals surface area contributed by atoms with Crippen molar-refractivity contribution < 1.29 is 18.0 Å². The molecular weight excluding hydrogens is 349 g/mol. The highest BCUT2D eigenvalue weighted by Crippen LogP contribution is 2.19. The topological polar surface area (TPSA) is 81.6 Å². The third kappa shape index (κ3) is 7.26. The molecule has 1 aliphatic rings. The van der Waals surface area contributed by atoms with Gasteiger partial charge in [0.2, 0.25) is 5.91 Å². The van der Waals surface area contributed by atoms with Gasteiger partial charge in [-0.15, -0.1) is 0 Å². The highest BCUT2D eigenvalue weighted by atomic mass is 19.4. The molecule has 26 heavy (non-hydrogen) atoms. The minimum atomic E-state index is -4.20. The summed E-state index contributed by atoms with van der Waals surface area (Å²) in [6.45, 7) is 2.09. The van der Waals surface area contributed by atoms with E-state index in [1.807, 2.05) is 6.92 Å². The van der Waals surface area contributed by atoms with Crippen molar-refractivity contribution in [1.29, 1.82) is 0 Å². The minimum absolute atomic E-state index is 0.108. The summed E-state index contributed by atoms with van der Waals surface area (Å²) < 4.78 is 37.4. The largest absolute Gasteiger partial charge is 0.401 e. The smallest absolute Gasteiger partial charge is 0.357 e. The van der Waals surface area contributed by atoms with Crippen molar-refractivity contribution in [2.75, 3.05) is 38.0 Å². The minimum Gasteiger partial charge on any atom is -0.357 e. The van der Waals surface area contributed by atoms with Gasteiger partial charge in [0.05, 0.1) is 18.4 Å². The number of rotatable bonds is 6. The first-order chi connectivity index (χ1) is 12.4. The number of likely N-dealkylation sites (tertiary alicyclic amines) is 1. The molecule has 3 N–H and O–H groups in total. The average Bonchev–Trinajstić information content (AvgIpc) is 2.99. The van der Waals surface area contributed by atoms with Gasteiger partial charge in [-0.2, -0.15) is 13.2 Å². The molecule has 0 spiro atoms. The SMILES string of the molecule is CCNC(=NCC(=O)Nc1cccnc1)NC1CCN(CC(F)(F)F)C1. The van der Waals surface area contributed by atoms with Gasteiger partial charge in [-0.05, 0) is 25.5 Å². The van der Waals surface area contributed by atoms with E-state index in [0.29, 0.717) is 31.2 Å². The van der Waals surface area contributed by atoms with Crippen molar-refractivity contribution in [3.63, 3.8) is 0 Å². The lowest BCUT2D eigenvalue weighted by Gasteiger charge is -2.19. The summed E-state index contributed by atoms with van der Waals surface area (Å²) in [5.41, 5.74) is 0.573. The van der Waals surface area contributed by atoms with E-state index in [0.717, 1.165) is 0 Å². The standard InChI is InChI=1S/C16H23F3N6O/c1-2-21-15(22-9-14(26)23-12-4-3-6-20-8-12)24-13-5-7-25(10-13)11-16(17,18)19/h3-4,6,8,13H,2,5,7,9-11H2,1H3,(H,23,26)(H2,21,22,24). The van der Waals surface area contributed by atoms with E-state index in [1.165, 1.54) is 11.1 Å². The van der Waals surface area contributed by atoms with E-state index >= 15 is 0 Å².